The highest BCUT2D eigenvalue weighted by Crippen LogP contribution is 2.25. The summed E-state index contributed by atoms with van der Waals surface area (Å²) in [5.74, 6) is 0.565. The number of nitrogens with zero attached hydrogens (tertiary/aromatic N) is 3. The number of hydrogen-bond donors (Lipinski definition) is 1. The molecule has 3 aromatic rings. The monoisotopic (exact) mass is 414 g/mol. The van der Waals surface area contributed by atoms with Crippen LogP contribution in [0.15, 0.2) is 35.4 Å². The first kappa shape index (κ1) is 21.0. The van der Waals surface area contributed by atoms with Crippen molar-refractivity contribution >= 4 is 27.5 Å². The SMILES string of the molecule is COc1ccc(C(CNC(=O)Cn2cnc3sc(C)c(C)c3c2=O)N(C)C)cc1. The van der Waals surface area contributed by atoms with Gasteiger partial charge >= 0.3 is 0 Å². The van der Waals surface area contributed by atoms with Gasteiger partial charge in [-0.2, -0.15) is 0 Å². The van der Waals surface area contributed by atoms with Gasteiger partial charge < -0.3 is 15.0 Å². The molecule has 1 unspecified atom stereocenters. The maximum atomic E-state index is 12.8. The number of ether oxygens (including phenoxy) is 1. The Bertz CT molecular complexity index is 1070. The van der Waals surface area contributed by atoms with Crippen molar-refractivity contribution in [2.45, 2.75) is 26.4 Å². The predicted octanol–water partition coefficient (Wildman–Crippen LogP) is 2.50. The van der Waals surface area contributed by atoms with Gasteiger partial charge in [-0.25, -0.2) is 4.98 Å². The van der Waals surface area contributed by atoms with Crippen molar-refractivity contribution in [3.63, 3.8) is 0 Å². The van der Waals surface area contributed by atoms with E-state index in [2.05, 4.69) is 10.3 Å². The van der Waals surface area contributed by atoms with Crippen LogP contribution in [0, 0.1) is 13.8 Å². The van der Waals surface area contributed by atoms with Crippen LogP contribution in [0.5, 0.6) is 5.75 Å². The molecule has 0 aliphatic heterocycles. The van der Waals surface area contributed by atoms with Crippen LogP contribution in [0.3, 0.4) is 0 Å². The van der Waals surface area contributed by atoms with Gasteiger partial charge in [0.1, 0.15) is 17.1 Å². The van der Waals surface area contributed by atoms with Crippen molar-refractivity contribution in [1.82, 2.24) is 19.8 Å². The molecule has 0 fully saturated rings. The van der Waals surface area contributed by atoms with E-state index in [-0.39, 0.29) is 24.1 Å². The van der Waals surface area contributed by atoms with Crippen LogP contribution >= 0.6 is 11.3 Å². The zero-order chi connectivity index (χ0) is 21.1. The van der Waals surface area contributed by atoms with Crippen LogP contribution in [0.4, 0.5) is 0 Å². The minimum atomic E-state index is -0.224. The highest BCUT2D eigenvalue weighted by atomic mass is 32.1. The Morgan fingerprint density at radius 1 is 1.28 bits per heavy atom. The highest BCUT2D eigenvalue weighted by Gasteiger charge is 2.17. The van der Waals surface area contributed by atoms with Crippen LogP contribution in [-0.4, -0.2) is 48.1 Å². The molecule has 2 aromatic heterocycles. The molecular weight excluding hydrogens is 388 g/mol. The zero-order valence-electron chi connectivity index (χ0n) is 17.4. The predicted molar refractivity (Wildman–Crippen MR) is 116 cm³/mol. The summed E-state index contributed by atoms with van der Waals surface area (Å²) in [5.41, 5.74) is 1.83. The molecule has 1 amide bonds. The maximum Gasteiger partial charge on any atom is 0.262 e. The smallest absolute Gasteiger partial charge is 0.262 e. The number of amides is 1. The molecule has 2 heterocycles. The van der Waals surface area contributed by atoms with E-state index in [0.717, 1.165) is 21.8 Å². The Balaban J connectivity index is 1.71. The molecule has 29 heavy (non-hydrogen) atoms. The summed E-state index contributed by atoms with van der Waals surface area (Å²) in [6.45, 7) is 4.26. The third-order valence-corrected chi connectivity index (χ3v) is 6.20. The number of nitrogens with one attached hydrogen (secondary N) is 1. The van der Waals surface area contributed by atoms with E-state index in [1.54, 1.807) is 7.11 Å². The van der Waals surface area contributed by atoms with E-state index in [4.69, 9.17) is 4.74 Å². The Kier molecular flexibility index (Phi) is 6.34. The maximum absolute atomic E-state index is 12.8. The fourth-order valence-corrected chi connectivity index (χ4v) is 4.22. The topological polar surface area (TPSA) is 76.5 Å². The normalized spacial score (nSPS) is 12.3. The molecule has 0 saturated heterocycles. The van der Waals surface area contributed by atoms with Crippen LogP contribution < -0.4 is 15.6 Å². The van der Waals surface area contributed by atoms with Crippen molar-refractivity contribution in [2.75, 3.05) is 27.7 Å². The summed E-state index contributed by atoms with van der Waals surface area (Å²) in [4.78, 5) is 33.4. The number of methoxy groups -OCH3 is 1. The van der Waals surface area contributed by atoms with Crippen molar-refractivity contribution < 1.29 is 9.53 Å². The largest absolute Gasteiger partial charge is 0.497 e. The van der Waals surface area contributed by atoms with Gasteiger partial charge in [0.05, 0.1) is 24.9 Å². The van der Waals surface area contributed by atoms with E-state index in [9.17, 15) is 9.59 Å². The summed E-state index contributed by atoms with van der Waals surface area (Å²) in [7, 11) is 5.56. The van der Waals surface area contributed by atoms with Gasteiger partial charge in [0, 0.05) is 11.4 Å². The Morgan fingerprint density at radius 3 is 2.59 bits per heavy atom. The van der Waals surface area contributed by atoms with Gasteiger partial charge in [-0.15, -0.1) is 11.3 Å². The lowest BCUT2D eigenvalue weighted by molar-refractivity contribution is -0.121. The number of aromatic nitrogens is 2. The Hall–Kier alpha value is -2.71. The second-order valence-electron chi connectivity index (χ2n) is 7.20. The van der Waals surface area contributed by atoms with Gasteiger partial charge in [0.2, 0.25) is 5.91 Å². The van der Waals surface area contributed by atoms with Crippen molar-refractivity contribution in [3.8, 4) is 5.75 Å². The molecule has 0 radical (unpaired) electrons. The van der Waals surface area contributed by atoms with Gasteiger partial charge in [-0.1, -0.05) is 12.1 Å². The number of benzene rings is 1. The van der Waals surface area contributed by atoms with Gasteiger partial charge in [-0.3, -0.25) is 14.2 Å². The number of hydrogen-bond acceptors (Lipinski definition) is 6. The second kappa shape index (κ2) is 8.75. The van der Waals surface area contributed by atoms with E-state index in [0.29, 0.717) is 16.8 Å². The molecule has 1 atom stereocenters. The minimum Gasteiger partial charge on any atom is -0.497 e. The Morgan fingerprint density at radius 2 is 1.97 bits per heavy atom. The van der Waals surface area contributed by atoms with Crippen molar-refractivity contribution in [3.05, 3.63) is 57.0 Å². The van der Waals surface area contributed by atoms with E-state index < -0.39 is 0 Å². The third-order valence-electron chi connectivity index (χ3n) is 5.09. The van der Waals surface area contributed by atoms with Crippen molar-refractivity contribution in [1.29, 1.82) is 0 Å². The second-order valence-corrected chi connectivity index (χ2v) is 8.40. The number of aryl methyl sites for hydroxylation is 2. The summed E-state index contributed by atoms with van der Waals surface area (Å²) in [6, 6.07) is 7.78. The first-order chi connectivity index (χ1) is 13.8. The molecule has 3 rings (SSSR count). The number of likely N-dealkylation sites (N-methyl/N-ethyl adjacent to an activating group) is 1. The molecule has 0 saturated carbocycles. The molecule has 0 bridgehead atoms. The summed E-state index contributed by atoms with van der Waals surface area (Å²) in [6.07, 6.45) is 1.45. The fraction of sp³-hybridized carbons (Fsp3) is 0.381. The molecule has 1 aromatic carbocycles. The number of carbonyl (C=O) groups is 1. The molecule has 154 valence electrons. The van der Waals surface area contributed by atoms with Crippen LogP contribution in [0.2, 0.25) is 0 Å². The van der Waals surface area contributed by atoms with Crippen LogP contribution in [-0.2, 0) is 11.3 Å². The van der Waals surface area contributed by atoms with Crippen molar-refractivity contribution in [2.24, 2.45) is 0 Å². The molecule has 0 spiro atoms. The summed E-state index contributed by atoms with van der Waals surface area (Å²) >= 11 is 1.50. The lowest BCUT2D eigenvalue weighted by Crippen LogP contribution is -2.37. The first-order valence-electron chi connectivity index (χ1n) is 9.34. The van der Waals surface area contributed by atoms with Crippen LogP contribution in [0.1, 0.15) is 22.0 Å². The molecule has 0 aliphatic carbocycles. The molecule has 7 nitrogen and oxygen atoms in total. The number of fused-ring (bicyclic) bond motifs is 1. The standard InChI is InChI=1S/C21H26N4O3S/c1-13-14(2)29-20-19(13)21(27)25(12-23-20)11-18(26)22-10-17(24(3)4)15-6-8-16(28-5)9-7-15/h6-9,12,17H,10-11H2,1-5H3,(H,22,26). The molecule has 1 N–H and O–H groups in total. The first-order valence-corrected chi connectivity index (χ1v) is 10.2. The minimum absolute atomic E-state index is 0.00366. The molecule has 0 aliphatic rings. The number of carbonyl (C=O) groups excluding carboxylic acids is 1. The molecule has 8 heteroatoms. The summed E-state index contributed by atoms with van der Waals surface area (Å²) < 4.78 is 6.57. The van der Waals surface area contributed by atoms with Gasteiger partial charge in [0.25, 0.3) is 5.56 Å². The lowest BCUT2D eigenvalue weighted by Gasteiger charge is -2.25. The fourth-order valence-electron chi connectivity index (χ4n) is 3.23. The summed E-state index contributed by atoms with van der Waals surface area (Å²) in [5, 5.41) is 3.54. The number of rotatable bonds is 7. The average molecular weight is 415 g/mol. The van der Waals surface area contributed by atoms with E-state index in [1.165, 1.54) is 22.2 Å². The average Bonchev–Trinajstić information content (AvgIpc) is 2.99. The highest BCUT2D eigenvalue weighted by molar-refractivity contribution is 7.18. The van der Waals surface area contributed by atoms with E-state index in [1.807, 2.05) is 57.1 Å². The zero-order valence-corrected chi connectivity index (χ0v) is 18.2. The quantitative estimate of drug-likeness (QED) is 0.643. The van der Waals surface area contributed by atoms with Gasteiger partial charge in [0.15, 0.2) is 0 Å². The Labute approximate surface area is 173 Å². The number of thiophene rings is 1. The lowest BCUT2D eigenvalue weighted by atomic mass is 10.1. The third kappa shape index (κ3) is 4.49. The van der Waals surface area contributed by atoms with Crippen LogP contribution in [0.25, 0.3) is 10.2 Å². The molecular formula is C21H26N4O3S. The van der Waals surface area contributed by atoms with Gasteiger partial charge in [-0.05, 0) is 51.2 Å². The van der Waals surface area contributed by atoms with E-state index >= 15 is 0 Å².